The van der Waals surface area contributed by atoms with E-state index in [1.165, 1.54) is 20.8 Å². The maximum absolute atomic E-state index is 15.0. The zero-order valence-corrected chi connectivity index (χ0v) is 15.1. The van der Waals surface area contributed by atoms with Gasteiger partial charge in [-0.15, -0.1) is 0 Å². The Morgan fingerprint density at radius 1 is 1.37 bits per heavy atom. The largest absolute Gasteiger partial charge is 0.460 e. The topological polar surface area (TPSA) is 123 Å². The minimum absolute atomic E-state index is 0.0254. The number of hydrogen-bond donors (Lipinski definition) is 1. The summed E-state index contributed by atoms with van der Waals surface area (Å²) < 4.78 is 45.8. The summed E-state index contributed by atoms with van der Waals surface area (Å²) in [5, 5.41) is 0. The van der Waals surface area contributed by atoms with Crippen molar-refractivity contribution in [1.82, 2.24) is 9.55 Å². The zero-order valence-electron chi connectivity index (χ0n) is 15.1. The van der Waals surface area contributed by atoms with Gasteiger partial charge in [-0.3, -0.25) is 14.2 Å². The van der Waals surface area contributed by atoms with Crippen LogP contribution in [0.1, 0.15) is 39.8 Å². The molecular formula is C16H21F2N3O6. The summed E-state index contributed by atoms with van der Waals surface area (Å²) in [5.41, 5.74) is 4.31. The van der Waals surface area contributed by atoms with Crippen LogP contribution in [0.4, 0.5) is 14.6 Å². The van der Waals surface area contributed by atoms with Crippen molar-refractivity contribution >= 4 is 17.8 Å². The molecule has 1 aromatic heterocycles. The van der Waals surface area contributed by atoms with Gasteiger partial charge in [-0.25, -0.2) is 4.79 Å². The van der Waals surface area contributed by atoms with Gasteiger partial charge in [0.05, 0.1) is 0 Å². The third-order valence-electron chi connectivity index (χ3n) is 4.01. The number of nitrogens with two attached hydrogens (primary N) is 1. The van der Waals surface area contributed by atoms with E-state index in [4.69, 9.17) is 19.9 Å². The molecule has 0 bridgehead atoms. The highest BCUT2D eigenvalue weighted by Gasteiger charge is 2.64. The molecule has 0 spiro atoms. The molecule has 2 heterocycles. The van der Waals surface area contributed by atoms with E-state index in [1.54, 1.807) is 0 Å². The average molecular weight is 389 g/mol. The number of anilines is 1. The first kappa shape index (κ1) is 20.7. The Bertz CT molecular complexity index is 769. The fraction of sp³-hybridized carbons (Fsp3) is 0.625. The van der Waals surface area contributed by atoms with Crippen molar-refractivity contribution in [3.05, 3.63) is 22.7 Å². The van der Waals surface area contributed by atoms with E-state index in [0.29, 0.717) is 4.57 Å². The van der Waals surface area contributed by atoms with E-state index in [0.717, 1.165) is 12.3 Å². The highest BCUT2D eigenvalue weighted by Crippen LogP contribution is 2.45. The number of rotatable bonds is 6. The second-order valence-electron chi connectivity index (χ2n) is 5.98. The van der Waals surface area contributed by atoms with Gasteiger partial charge >= 0.3 is 23.6 Å². The van der Waals surface area contributed by atoms with Crippen molar-refractivity contribution in [1.29, 1.82) is 0 Å². The van der Waals surface area contributed by atoms with Gasteiger partial charge in [-0.1, -0.05) is 13.8 Å². The van der Waals surface area contributed by atoms with Crippen molar-refractivity contribution in [3.8, 4) is 0 Å². The Balaban J connectivity index is 2.41. The van der Waals surface area contributed by atoms with Crippen LogP contribution in [0.15, 0.2) is 17.1 Å². The molecule has 4 atom stereocenters. The number of esters is 2. The molecule has 11 heteroatoms. The van der Waals surface area contributed by atoms with Crippen molar-refractivity contribution in [2.24, 2.45) is 0 Å². The molecule has 2 rings (SSSR count). The fourth-order valence-electron chi connectivity index (χ4n) is 2.61. The minimum atomic E-state index is -3.79. The quantitative estimate of drug-likeness (QED) is 0.716. The third-order valence-corrected chi connectivity index (χ3v) is 4.01. The lowest BCUT2D eigenvalue weighted by molar-refractivity contribution is -0.178. The summed E-state index contributed by atoms with van der Waals surface area (Å²) in [6.07, 6.45) is -5.92. The highest BCUT2D eigenvalue weighted by molar-refractivity contribution is 5.70. The molecule has 1 fully saturated rings. The molecular weight excluding hydrogens is 368 g/mol. The number of hydrogen-bond acceptors (Lipinski definition) is 8. The van der Waals surface area contributed by atoms with Gasteiger partial charge in [0.2, 0.25) is 6.23 Å². The summed E-state index contributed by atoms with van der Waals surface area (Å²) in [7, 11) is 0. The fourth-order valence-corrected chi connectivity index (χ4v) is 2.61. The number of carbonyl (C=O) groups excluding carboxylic acids is 2. The van der Waals surface area contributed by atoms with E-state index >= 15 is 8.78 Å². The molecule has 9 nitrogen and oxygen atoms in total. The first-order valence-corrected chi connectivity index (χ1v) is 8.38. The number of carbonyl (C=O) groups is 2. The van der Waals surface area contributed by atoms with Gasteiger partial charge < -0.3 is 19.9 Å². The van der Waals surface area contributed by atoms with Crippen LogP contribution in [0.2, 0.25) is 0 Å². The number of nitrogens with zero attached hydrogens (tertiary/aromatic N) is 2. The Labute approximate surface area is 153 Å². The lowest BCUT2D eigenvalue weighted by atomic mass is 10.0. The molecule has 0 aliphatic carbocycles. The SMILES string of the molecule is CCC(=O)OC(C)C1OC(n2ccc(N)nc2=O)C(F)(F)C1OC(=O)CC. The lowest BCUT2D eigenvalue weighted by Crippen LogP contribution is -2.46. The van der Waals surface area contributed by atoms with E-state index < -0.39 is 48.1 Å². The van der Waals surface area contributed by atoms with E-state index in [9.17, 15) is 14.4 Å². The summed E-state index contributed by atoms with van der Waals surface area (Å²) in [4.78, 5) is 38.5. The van der Waals surface area contributed by atoms with Gasteiger partial charge in [-0.05, 0) is 13.0 Å². The molecule has 1 aliphatic heterocycles. The van der Waals surface area contributed by atoms with Gasteiger partial charge in [0.15, 0.2) is 6.10 Å². The Hall–Kier alpha value is -2.56. The van der Waals surface area contributed by atoms with Crippen LogP contribution in [0.5, 0.6) is 0 Å². The second kappa shape index (κ2) is 7.99. The second-order valence-corrected chi connectivity index (χ2v) is 5.98. The Morgan fingerprint density at radius 2 is 2.00 bits per heavy atom. The van der Waals surface area contributed by atoms with Crippen LogP contribution in [-0.4, -0.2) is 45.7 Å². The van der Waals surface area contributed by atoms with Crippen LogP contribution in [0.3, 0.4) is 0 Å². The molecule has 0 saturated carbocycles. The van der Waals surface area contributed by atoms with Crippen LogP contribution in [0.25, 0.3) is 0 Å². The van der Waals surface area contributed by atoms with Crippen LogP contribution < -0.4 is 11.4 Å². The minimum Gasteiger partial charge on any atom is -0.460 e. The number of aromatic nitrogens is 2. The monoisotopic (exact) mass is 389 g/mol. The van der Waals surface area contributed by atoms with Crippen molar-refractivity contribution in [2.45, 2.75) is 64.1 Å². The molecule has 0 aromatic carbocycles. The molecule has 2 N–H and O–H groups in total. The summed E-state index contributed by atoms with van der Waals surface area (Å²) in [6.45, 7) is 4.32. The van der Waals surface area contributed by atoms with Crippen molar-refractivity contribution in [3.63, 3.8) is 0 Å². The standard InChI is InChI=1S/C16H21F2N3O6/c1-4-10(22)25-8(3)12-13(26-11(23)5-2)16(17,18)14(27-12)21-7-6-9(19)20-15(21)24/h6-8,12-14H,4-5H2,1-3H3,(H2,19,20,24). The molecule has 27 heavy (non-hydrogen) atoms. The Morgan fingerprint density at radius 3 is 2.56 bits per heavy atom. The molecule has 0 radical (unpaired) electrons. The number of alkyl halides is 2. The third kappa shape index (κ3) is 4.24. The number of nitrogen functional groups attached to an aromatic ring is 1. The highest BCUT2D eigenvalue weighted by atomic mass is 19.3. The van der Waals surface area contributed by atoms with Crippen LogP contribution in [-0.2, 0) is 23.8 Å². The zero-order chi connectivity index (χ0) is 20.4. The average Bonchev–Trinajstić information content (AvgIpc) is 2.86. The molecule has 150 valence electrons. The molecule has 1 aromatic rings. The lowest BCUT2D eigenvalue weighted by Gasteiger charge is -2.26. The molecule has 1 aliphatic rings. The molecule has 0 amide bonds. The summed E-state index contributed by atoms with van der Waals surface area (Å²) in [6, 6.07) is 1.15. The first-order chi connectivity index (χ1) is 12.6. The van der Waals surface area contributed by atoms with Gasteiger partial charge in [-0.2, -0.15) is 13.8 Å². The maximum atomic E-state index is 15.0. The molecule has 1 saturated heterocycles. The number of halogens is 2. The van der Waals surface area contributed by atoms with Gasteiger partial charge in [0, 0.05) is 19.0 Å². The van der Waals surface area contributed by atoms with Gasteiger partial charge in [0.25, 0.3) is 0 Å². The smallest absolute Gasteiger partial charge is 0.351 e. The van der Waals surface area contributed by atoms with Crippen molar-refractivity contribution < 1.29 is 32.6 Å². The van der Waals surface area contributed by atoms with Crippen molar-refractivity contribution in [2.75, 3.05) is 5.73 Å². The maximum Gasteiger partial charge on any atom is 0.351 e. The first-order valence-electron chi connectivity index (χ1n) is 8.38. The van der Waals surface area contributed by atoms with Crippen LogP contribution >= 0.6 is 0 Å². The Kier molecular flexibility index (Phi) is 6.14. The van der Waals surface area contributed by atoms with E-state index in [-0.39, 0.29) is 18.7 Å². The van der Waals surface area contributed by atoms with E-state index in [2.05, 4.69) is 4.98 Å². The van der Waals surface area contributed by atoms with E-state index in [1.807, 2.05) is 0 Å². The predicted molar refractivity (Wildman–Crippen MR) is 87.8 cm³/mol. The molecule has 4 unspecified atom stereocenters. The number of ether oxygens (including phenoxy) is 3. The predicted octanol–water partition coefficient (Wildman–Crippen LogP) is 1.02. The normalized spacial score (nSPS) is 25.0. The summed E-state index contributed by atoms with van der Waals surface area (Å²) >= 11 is 0. The van der Waals surface area contributed by atoms with Crippen LogP contribution in [0, 0.1) is 0 Å². The summed E-state index contributed by atoms with van der Waals surface area (Å²) in [5.74, 6) is -5.45. The van der Waals surface area contributed by atoms with Gasteiger partial charge in [0.1, 0.15) is 18.0 Å².